The summed E-state index contributed by atoms with van der Waals surface area (Å²) < 4.78 is 18.6. The van der Waals surface area contributed by atoms with Crippen molar-refractivity contribution in [3.05, 3.63) is 72.1 Å². The topological polar surface area (TPSA) is 85.0 Å². The van der Waals surface area contributed by atoms with E-state index in [1.807, 2.05) is 11.0 Å². The van der Waals surface area contributed by atoms with Crippen molar-refractivity contribution < 1.29 is 13.7 Å². The summed E-state index contributed by atoms with van der Waals surface area (Å²) in [7, 11) is 0. The van der Waals surface area contributed by atoms with E-state index in [0.29, 0.717) is 41.4 Å². The molecule has 4 aromatic rings. The largest absolute Gasteiger partial charge is 0.339 e. The summed E-state index contributed by atoms with van der Waals surface area (Å²) in [4.78, 5) is 27.9. The number of piperidine rings is 1. The van der Waals surface area contributed by atoms with Gasteiger partial charge in [0, 0.05) is 36.6 Å². The highest BCUT2D eigenvalue weighted by Gasteiger charge is 2.29. The van der Waals surface area contributed by atoms with Crippen LogP contribution in [0.1, 0.15) is 35.0 Å². The molecule has 0 radical (unpaired) electrons. The lowest BCUT2D eigenvalue weighted by atomic mass is 9.97. The highest BCUT2D eigenvalue weighted by atomic mass is 19.1. The first-order chi connectivity index (χ1) is 14.7. The van der Waals surface area contributed by atoms with E-state index in [2.05, 4.69) is 20.1 Å². The molecule has 7 nitrogen and oxygen atoms in total. The molecule has 0 aliphatic carbocycles. The molecule has 1 amide bonds. The van der Waals surface area contributed by atoms with Gasteiger partial charge in [-0.25, -0.2) is 4.39 Å². The second-order valence-electron chi connectivity index (χ2n) is 7.31. The van der Waals surface area contributed by atoms with Crippen molar-refractivity contribution in [2.75, 3.05) is 13.1 Å². The van der Waals surface area contributed by atoms with Gasteiger partial charge >= 0.3 is 0 Å². The zero-order valence-electron chi connectivity index (χ0n) is 16.0. The molecule has 1 aliphatic heterocycles. The molecule has 1 atom stereocenters. The van der Waals surface area contributed by atoms with Gasteiger partial charge in [0.05, 0.1) is 17.0 Å². The Morgan fingerprint density at radius 3 is 2.70 bits per heavy atom. The van der Waals surface area contributed by atoms with Crippen LogP contribution < -0.4 is 0 Å². The molecule has 3 heterocycles. The van der Waals surface area contributed by atoms with Crippen LogP contribution in [0, 0.1) is 5.82 Å². The molecule has 1 aliphatic rings. The van der Waals surface area contributed by atoms with Crippen LogP contribution in [0.25, 0.3) is 22.4 Å². The Kier molecular flexibility index (Phi) is 4.66. The van der Waals surface area contributed by atoms with E-state index in [9.17, 15) is 9.18 Å². The molecule has 2 aromatic carbocycles. The molecule has 1 saturated heterocycles. The van der Waals surface area contributed by atoms with Gasteiger partial charge in [0.1, 0.15) is 5.82 Å². The third kappa shape index (κ3) is 3.52. The van der Waals surface area contributed by atoms with Crippen molar-refractivity contribution in [3.8, 4) is 11.4 Å². The average Bonchev–Trinajstić information content (AvgIpc) is 3.29. The number of nitrogens with zero attached hydrogens (tertiary/aromatic N) is 5. The Hall–Kier alpha value is -3.68. The number of amides is 1. The van der Waals surface area contributed by atoms with Crippen LogP contribution in [0.4, 0.5) is 4.39 Å². The quantitative estimate of drug-likeness (QED) is 0.517. The van der Waals surface area contributed by atoms with Crippen molar-refractivity contribution in [2.45, 2.75) is 18.8 Å². The summed E-state index contributed by atoms with van der Waals surface area (Å²) in [5.74, 6) is 0.511. The van der Waals surface area contributed by atoms with Crippen LogP contribution in [-0.2, 0) is 0 Å². The van der Waals surface area contributed by atoms with Gasteiger partial charge in [0.15, 0.2) is 0 Å². The molecule has 0 bridgehead atoms. The first kappa shape index (κ1) is 18.4. The number of hydrogen-bond acceptors (Lipinski definition) is 6. The van der Waals surface area contributed by atoms with E-state index in [0.717, 1.165) is 18.4 Å². The van der Waals surface area contributed by atoms with E-state index in [-0.39, 0.29) is 17.6 Å². The Labute approximate surface area is 171 Å². The van der Waals surface area contributed by atoms with Crippen LogP contribution >= 0.6 is 0 Å². The summed E-state index contributed by atoms with van der Waals surface area (Å²) in [5.41, 5.74) is 2.72. The molecule has 0 saturated carbocycles. The van der Waals surface area contributed by atoms with Crippen molar-refractivity contribution in [1.29, 1.82) is 0 Å². The Balaban J connectivity index is 1.34. The SMILES string of the molecule is O=C(c1ccc2nccnc2c1)N1CCCC(c2nc(-c3ccc(F)cc3)no2)C1. The Bertz CT molecular complexity index is 1210. The van der Waals surface area contributed by atoms with Gasteiger partial charge in [0.2, 0.25) is 11.7 Å². The van der Waals surface area contributed by atoms with Crippen molar-refractivity contribution in [3.63, 3.8) is 0 Å². The first-order valence-corrected chi connectivity index (χ1v) is 9.77. The number of rotatable bonds is 3. The second-order valence-corrected chi connectivity index (χ2v) is 7.31. The van der Waals surface area contributed by atoms with E-state index in [1.165, 1.54) is 12.1 Å². The lowest BCUT2D eigenvalue weighted by Crippen LogP contribution is -2.39. The van der Waals surface area contributed by atoms with Gasteiger partial charge in [-0.15, -0.1) is 0 Å². The zero-order valence-corrected chi connectivity index (χ0v) is 16.0. The Morgan fingerprint density at radius 2 is 1.87 bits per heavy atom. The summed E-state index contributed by atoms with van der Waals surface area (Å²) >= 11 is 0. The molecule has 8 heteroatoms. The number of carbonyl (C=O) groups is 1. The van der Waals surface area contributed by atoms with Crippen LogP contribution in [0.15, 0.2) is 59.4 Å². The number of fused-ring (bicyclic) bond motifs is 1. The fraction of sp³-hybridized carbons (Fsp3) is 0.227. The van der Waals surface area contributed by atoms with Crippen molar-refractivity contribution in [1.82, 2.24) is 25.0 Å². The Morgan fingerprint density at radius 1 is 1.07 bits per heavy atom. The minimum atomic E-state index is -0.316. The predicted octanol–water partition coefficient (Wildman–Crippen LogP) is 3.84. The van der Waals surface area contributed by atoms with Crippen molar-refractivity contribution >= 4 is 16.9 Å². The molecule has 0 spiro atoms. The smallest absolute Gasteiger partial charge is 0.253 e. The first-order valence-electron chi connectivity index (χ1n) is 9.77. The number of aromatic nitrogens is 4. The molecule has 5 rings (SSSR count). The zero-order chi connectivity index (χ0) is 20.5. The van der Waals surface area contributed by atoms with Gasteiger partial charge in [-0.05, 0) is 55.3 Å². The maximum absolute atomic E-state index is 13.1. The molecule has 30 heavy (non-hydrogen) atoms. The van der Waals surface area contributed by atoms with Crippen LogP contribution in [-0.4, -0.2) is 44.0 Å². The fourth-order valence-electron chi connectivity index (χ4n) is 3.76. The molecular weight excluding hydrogens is 385 g/mol. The van der Waals surface area contributed by atoms with E-state index in [1.54, 1.807) is 36.7 Å². The highest BCUT2D eigenvalue weighted by Crippen LogP contribution is 2.28. The van der Waals surface area contributed by atoms with Crippen LogP contribution in [0.5, 0.6) is 0 Å². The predicted molar refractivity (Wildman–Crippen MR) is 107 cm³/mol. The maximum Gasteiger partial charge on any atom is 0.253 e. The number of benzene rings is 2. The normalized spacial score (nSPS) is 16.7. The van der Waals surface area contributed by atoms with E-state index < -0.39 is 0 Å². The number of halogens is 1. The van der Waals surface area contributed by atoms with Gasteiger partial charge in [-0.1, -0.05) is 5.16 Å². The van der Waals surface area contributed by atoms with Crippen LogP contribution in [0.3, 0.4) is 0 Å². The monoisotopic (exact) mass is 403 g/mol. The summed E-state index contributed by atoms with van der Waals surface area (Å²) in [6.07, 6.45) is 4.95. The summed E-state index contributed by atoms with van der Waals surface area (Å²) in [6, 6.07) is 11.3. The second kappa shape index (κ2) is 7.62. The summed E-state index contributed by atoms with van der Waals surface area (Å²) in [6.45, 7) is 1.18. The van der Waals surface area contributed by atoms with Gasteiger partial charge in [-0.2, -0.15) is 4.98 Å². The summed E-state index contributed by atoms with van der Waals surface area (Å²) in [5, 5.41) is 4.03. The van der Waals surface area contributed by atoms with E-state index in [4.69, 9.17) is 4.52 Å². The standard InChI is InChI=1S/C22H18FN5O2/c23-17-6-3-14(4-7-17)20-26-21(30-27-20)16-2-1-11-28(13-16)22(29)15-5-8-18-19(12-15)25-10-9-24-18/h3-10,12,16H,1-2,11,13H2. The van der Waals surface area contributed by atoms with Gasteiger partial charge in [0.25, 0.3) is 5.91 Å². The van der Waals surface area contributed by atoms with Crippen molar-refractivity contribution in [2.24, 2.45) is 0 Å². The van der Waals surface area contributed by atoms with Gasteiger partial charge in [-0.3, -0.25) is 14.8 Å². The van der Waals surface area contributed by atoms with E-state index >= 15 is 0 Å². The third-order valence-electron chi connectivity index (χ3n) is 5.32. The average molecular weight is 403 g/mol. The third-order valence-corrected chi connectivity index (χ3v) is 5.32. The lowest BCUT2D eigenvalue weighted by Gasteiger charge is -2.31. The molecule has 1 fully saturated rings. The molecule has 2 aromatic heterocycles. The minimum absolute atomic E-state index is 0.0374. The molecule has 0 N–H and O–H groups in total. The number of hydrogen-bond donors (Lipinski definition) is 0. The number of likely N-dealkylation sites (tertiary alicyclic amines) is 1. The van der Waals surface area contributed by atoms with Gasteiger partial charge < -0.3 is 9.42 Å². The molecule has 1 unspecified atom stereocenters. The molecular formula is C22H18FN5O2. The minimum Gasteiger partial charge on any atom is -0.339 e. The maximum atomic E-state index is 13.1. The lowest BCUT2D eigenvalue weighted by molar-refractivity contribution is 0.0696. The van der Waals surface area contributed by atoms with Crippen LogP contribution in [0.2, 0.25) is 0 Å². The number of carbonyl (C=O) groups excluding carboxylic acids is 1. The molecule has 150 valence electrons. The highest BCUT2D eigenvalue weighted by molar-refractivity contribution is 5.97. The fourth-order valence-corrected chi connectivity index (χ4v) is 3.76.